The van der Waals surface area contributed by atoms with E-state index in [0.717, 1.165) is 24.8 Å². The van der Waals surface area contributed by atoms with Crippen LogP contribution in [0.3, 0.4) is 0 Å². The maximum absolute atomic E-state index is 14.8. The molecule has 0 nitrogen and oxygen atoms in total. The number of halogens is 5. The van der Waals surface area contributed by atoms with E-state index in [0.29, 0.717) is 5.56 Å². The molecule has 0 saturated carbocycles. The van der Waals surface area contributed by atoms with Crippen molar-refractivity contribution >= 4 is 5.57 Å². The van der Waals surface area contributed by atoms with Gasteiger partial charge in [-0.3, -0.25) is 0 Å². The standard InChI is InChI=1S/C25H21F5/c1-3-4-5-17-6-8-19(9-7-17)21-14-15-22(24(27)23(21)26)20-12-10-18(11-13-20)16(2)25(28,29)30/h6-15H,2-5H2,1H3. The molecule has 3 aromatic rings. The van der Waals surface area contributed by atoms with Gasteiger partial charge >= 0.3 is 6.18 Å². The summed E-state index contributed by atoms with van der Waals surface area (Å²) in [6.45, 7) is 5.14. The summed E-state index contributed by atoms with van der Waals surface area (Å²) in [6.07, 6.45) is -1.48. The molecule has 5 heteroatoms. The van der Waals surface area contributed by atoms with Gasteiger partial charge in [-0.2, -0.15) is 13.2 Å². The number of hydrogen-bond acceptors (Lipinski definition) is 0. The molecule has 156 valence electrons. The first-order valence-electron chi connectivity index (χ1n) is 9.66. The predicted octanol–water partition coefficient (Wildman–Crippen LogP) is 8.22. The van der Waals surface area contributed by atoms with Crippen molar-refractivity contribution in [2.45, 2.75) is 32.4 Å². The van der Waals surface area contributed by atoms with Crippen LogP contribution in [0.4, 0.5) is 22.0 Å². The minimum absolute atomic E-state index is 0.0139. The molecule has 0 aliphatic rings. The number of aryl methyl sites for hydroxylation is 1. The van der Waals surface area contributed by atoms with Crippen molar-refractivity contribution < 1.29 is 22.0 Å². The fourth-order valence-corrected chi connectivity index (χ4v) is 3.24. The Morgan fingerprint density at radius 1 is 0.767 bits per heavy atom. The maximum Gasteiger partial charge on any atom is 0.416 e. The lowest BCUT2D eigenvalue weighted by Crippen LogP contribution is -2.09. The number of rotatable bonds is 6. The SMILES string of the molecule is C=C(c1ccc(-c2ccc(-c3ccc(CCCC)cc3)c(F)c2F)cc1)C(F)(F)F. The van der Waals surface area contributed by atoms with E-state index in [1.165, 1.54) is 36.4 Å². The topological polar surface area (TPSA) is 0 Å². The fourth-order valence-electron chi connectivity index (χ4n) is 3.24. The molecule has 0 spiro atoms. The third-order valence-electron chi connectivity index (χ3n) is 5.05. The van der Waals surface area contributed by atoms with Crippen molar-refractivity contribution in [3.63, 3.8) is 0 Å². The molecule has 0 amide bonds. The average Bonchev–Trinajstić information content (AvgIpc) is 2.73. The van der Waals surface area contributed by atoms with E-state index in [9.17, 15) is 22.0 Å². The van der Waals surface area contributed by atoms with Crippen LogP contribution in [0.15, 0.2) is 67.2 Å². The van der Waals surface area contributed by atoms with Gasteiger partial charge in [0.2, 0.25) is 0 Å². The molecule has 3 rings (SSSR count). The second-order valence-corrected chi connectivity index (χ2v) is 7.14. The normalized spacial score (nSPS) is 11.5. The van der Waals surface area contributed by atoms with Gasteiger partial charge < -0.3 is 0 Å². The van der Waals surface area contributed by atoms with Gasteiger partial charge in [0.15, 0.2) is 11.6 Å². The van der Waals surface area contributed by atoms with E-state index in [4.69, 9.17) is 0 Å². The van der Waals surface area contributed by atoms with Gasteiger partial charge in [-0.1, -0.05) is 80.6 Å². The highest BCUT2D eigenvalue weighted by atomic mass is 19.4. The van der Waals surface area contributed by atoms with Gasteiger partial charge in [0.25, 0.3) is 0 Å². The molecule has 0 aliphatic heterocycles. The largest absolute Gasteiger partial charge is 0.416 e. The summed E-state index contributed by atoms with van der Waals surface area (Å²) in [7, 11) is 0. The van der Waals surface area contributed by atoms with Crippen molar-refractivity contribution in [1.82, 2.24) is 0 Å². The Labute approximate surface area is 172 Å². The molecule has 30 heavy (non-hydrogen) atoms. The summed E-state index contributed by atoms with van der Waals surface area (Å²) in [5.41, 5.74) is 1.01. The van der Waals surface area contributed by atoms with Gasteiger partial charge in [0.1, 0.15) is 0 Å². The summed E-state index contributed by atoms with van der Waals surface area (Å²) >= 11 is 0. The van der Waals surface area contributed by atoms with Gasteiger partial charge in [-0.15, -0.1) is 0 Å². The summed E-state index contributed by atoms with van der Waals surface area (Å²) in [4.78, 5) is 0. The highest BCUT2D eigenvalue weighted by Gasteiger charge is 2.32. The monoisotopic (exact) mass is 416 g/mol. The molecular formula is C25H21F5. The molecule has 0 radical (unpaired) electrons. The first-order chi connectivity index (χ1) is 14.2. The Balaban J connectivity index is 1.89. The molecule has 0 aromatic heterocycles. The number of benzene rings is 3. The second-order valence-electron chi connectivity index (χ2n) is 7.14. The van der Waals surface area contributed by atoms with Crippen molar-refractivity contribution in [2.24, 2.45) is 0 Å². The Morgan fingerprint density at radius 3 is 1.67 bits per heavy atom. The summed E-state index contributed by atoms with van der Waals surface area (Å²) in [6, 6.07) is 15.3. The lowest BCUT2D eigenvalue weighted by Gasteiger charge is -2.12. The van der Waals surface area contributed by atoms with Crippen LogP contribution in [-0.4, -0.2) is 6.18 Å². The first kappa shape index (κ1) is 21.8. The average molecular weight is 416 g/mol. The van der Waals surface area contributed by atoms with Crippen LogP contribution in [0.5, 0.6) is 0 Å². The predicted molar refractivity (Wildman–Crippen MR) is 111 cm³/mol. The molecule has 0 N–H and O–H groups in total. The van der Waals surface area contributed by atoms with Crippen molar-refractivity contribution in [3.05, 3.63) is 90.0 Å². The zero-order valence-corrected chi connectivity index (χ0v) is 16.5. The Kier molecular flexibility index (Phi) is 6.40. The Bertz CT molecular complexity index is 1030. The van der Waals surface area contributed by atoms with Gasteiger partial charge in [-0.25, -0.2) is 8.78 Å². The van der Waals surface area contributed by atoms with Crippen LogP contribution in [0.1, 0.15) is 30.9 Å². The lowest BCUT2D eigenvalue weighted by molar-refractivity contribution is -0.0686. The highest BCUT2D eigenvalue weighted by Crippen LogP contribution is 2.35. The minimum atomic E-state index is -4.55. The van der Waals surface area contributed by atoms with Gasteiger partial charge in [0.05, 0.1) is 5.57 Å². The van der Waals surface area contributed by atoms with Crippen molar-refractivity contribution in [1.29, 1.82) is 0 Å². The van der Waals surface area contributed by atoms with Crippen LogP contribution in [0, 0.1) is 11.6 Å². The van der Waals surface area contributed by atoms with Gasteiger partial charge in [0, 0.05) is 11.1 Å². The summed E-state index contributed by atoms with van der Waals surface area (Å²) < 4.78 is 67.8. The molecular weight excluding hydrogens is 395 g/mol. The van der Waals surface area contributed by atoms with Gasteiger partial charge in [-0.05, 0) is 35.1 Å². The third-order valence-corrected chi connectivity index (χ3v) is 5.05. The molecule has 0 unspecified atom stereocenters. The summed E-state index contributed by atoms with van der Waals surface area (Å²) in [5.74, 6) is -2.03. The molecule has 3 aromatic carbocycles. The van der Waals surface area contributed by atoms with Crippen LogP contribution in [-0.2, 0) is 6.42 Å². The van der Waals surface area contributed by atoms with Crippen molar-refractivity contribution in [2.75, 3.05) is 0 Å². The second kappa shape index (κ2) is 8.82. The maximum atomic E-state index is 14.8. The van der Waals surface area contributed by atoms with E-state index in [1.807, 2.05) is 12.1 Å². The van der Waals surface area contributed by atoms with E-state index >= 15 is 0 Å². The quantitative estimate of drug-likeness (QED) is 0.355. The lowest BCUT2D eigenvalue weighted by atomic mass is 9.96. The molecule has 0 aliphatic carbocycles. The van der Waals surface area contributed by atoms with Crippen LogP contribution in [0.2, 0.25) is 0 Å². The Hall–Kier alpha value is -2.95. The minimum Gasteiger partial charge on any atom is -0.203 e. The molecule has 0 saturated heterocycles. The fraction of sp³-hybridized carbons (Fsp3) is 0.200. The number of allylic oxidation sites excluding steroid dienone is 1. The smallest absolute Gasteiger partial charge is 0.203 e. The van der Waals surface area contributed by atoms with E-state index in [1.54, 1.807) is 12.1 Å². The van der Waals surface area contributed by atoms with Crippen LogP contribution >= 0.6 is 0 Å². The molecule has 0 fully saturated rings. The summed E-state index contributed by atoms with van der Waals surface area (Å²) in [5, 5.41) is 0. The Morgan fingerprint density at radius 2 is 1.23 bits per heavy atom. The molecule has 0 heterocycles. The number of unbranched alkanes of at least 4 members (excludes halogenated alkanes) is 1. The molecule has 0 bridgehead atoms. The van der Waals surface area contributed by atoms with Crippen molar-refractivity contribution in [3.8, 4) is 22.3 Å². The zero-order chi connectivity index (χ0) is 21.9. The van der Waals surface area contributed by atoms with E-state index in [-0.39, 0.29) is 22.3 Å². The van der Waals surface area contributed by atoms with E-state index < -0.39 is 23.4 Å². The molecule has 0 atom stereocenters. The van der Waals surface area contributed by atoms with Crippen LogP contribution < -0.4 is 0 Å². The number of alkyl halides is 3. The highest BCUT2D eigenvalue weighted by molar-refractivity contribution is 5.74. The first-order valence-corrected chi connectivity index (χ1v) is 9.66. The number of hydrogen-bond donors (Lipinski definition) is 0. The third kappa shape index (κ3) is 4.61. The van der Waals surface area contributed by atoms with Crippen LogP contribution in [0.25, 0.3) is 27.8 Å². The zero-order valence-electron chi connectivity index (χ0n) is 16.5. The van der Waals surface area contributed by atoms with E-state index in [2.05, 4.69) is 13.5 Å².